The summed E-state index contributed by atoms with van der Waals surface area (Å²) in [5.74, 6) is 0.513. The van der Waals surface area contributed by atoms with Gasteiger partial charge in [0.25, 0.3) is 0 Å². The molecule has 0 aliphatic rings. The van der Waals surface area contributed by atoms with Crippen molar-refractivity contribution in [2.45, 2.75) is 13.5 Å². The molecule has 0 amide bonds. The first-order valence-electron chi connectivity index (χ1n) is 5.16. The molecule has 0 fully saturated rings. The molecule has 2 rings (SSSR count). The molecule has 16 heavy (non-hydrogen) atoms. The van der Waals surface area contributed by atoms with Gasteiger partial charge in [-0.3, -0.25) is 4.98 Å². The highest BCUT2D eigenvalue weighted by Gasteiger charge is 2.03. The number of nitrogens with zero attached hydrogens (tertiary/aromatic N) is 2. The second-order valence-electron chi connectivity index (χ2n) is 3.39. The lowest BCUT2D eigenvalue weighted by Gasteiger charge is -1.97. The highest BCUT2D eigenvalue weighted by Crippen LogP contribution is 2.13. The Bertz CT molecular complexity index is 449. The van der Waals surface area contributed by atoms with Gasteiger partial charge >= 0.3 is 0 Å². The van der Waals surface area contributed by atoms with Gasteiger partial charge in [0, 0.05) is 0 Å². The van der Waals surface area contributed by atoms with Gasteiger partial charge < -0.3 is 10.3 Å². The molecular formula is C11H13FN4. The van der Waals surface area contributed by atoms with Crippen molar-refractivity contribution in [2.75, 3.05) is 6.54 Å². The van der Waals surface area contributed by atoms with Gasteiger partial charge in [0.1, 0.15) is 11.6 Å². The molecule has 4 nitrogen and oxygen atoms in total. The van der Waals surface area contributed by atoms with Crippen LogP contribution in [0.2, 0.25) is 0 Å². The van der Waals surface area contributed by atoms with E-state index in [1.165, 1.54) is 12.3 Å². The smallest absolute Gasteiger partial charge is 0.141 e. The zero-order valence-electron chi connectivity index (χ0n) is 9.00. The van der Waals surface area contributed by atoms with Crippen LogP contribution in [0.25, 0.3) is 11.4 Å². The minimum Gasteiger partial charge on any atom is -0.340 e. The van der Waals surface area contributed by atoms with Crippen LogP contribution in [-0.2, 0) is 6.54 Å². The number of nitrogens with one attached hydrogen (secondary N) is 2. The molecule has 0 spiro atoms. The summed E-state index contributed by atoms with van der Waals surface area (Å²) >= 11 is 0. The number of imidazole rings is 1. The van der Waals surface area contributed by atoms with Crippen molar-refractivity contribution in [2.24, 2.45) is 0 Å². The van der Waals surface area contributed by atoms with Gasteiger partial charge in [-0.15, -0.1) is 0 Å². The van der Waals surface area contributed by atoms with E-state index in [-0.39, 0.29) is 5.82 Å². The van der Waals surface area contributed by atoms with Crippen LogP contribution in [0.4, 0.5) is 4.39 Å². The standard InChI is InChI=1S/C11H13FN4/c1-2-13-7-11-15-6-10(16-11)9-4-3-8(12)5-14-9/h3-6,13H,2,7H2,1H3,(H,15,16). The van der Waals surface area contributed by atoms with Crippen molar-refractivity contribution in [1.82, 2.24) is 20.3 Å². The molecule has 0 atom stereocenters. The molecule has 2 heterocycles. The number of rotatable bonds is 4. The lowest BCUT2D eigenvalue weighted by molar-refractivity contribution is 0.622. The van der Waals surface area contributed by atoms with E-state index in [0.29, 0.717) is 12.2 Å². The van der Waals surface area contributed by atoms with E-state index in [4.69, 9.17) is 0 Å². The first-order chi connectivity index (χ1) is 7.79. The summed E-state index contributed by atoms with van der Waals surface area (Å²) < 4.78 is 12.7. The van der Waals surface area contributed by atoms with Gasteiger partial charge in [0.15, 0.2) is 0 Å². The van der Waals surface area contributed by atoms with Crippen molar-refractivity contribution in [3.8, 4) is 11.4 Å². The molecule has 0 saturated heterocycles. The second-order valence-corrected chi connectivity index (χ2v) is 3.39. The number of aromatic amines is 1. The van der Waals surface area contributed by atoms with E-state index in [9.17, 15) is 4.39 Å². The minimum atomic E-state index is -0.337. The van der Waals surface area contributed by atoms with E-state index >= 15 is 0 Å². The Morgan fingerprint density at radius 1 is 1.31 bits per heavy atom. The average molecular weight is 220 g/mol. The molecule has 0 aromatic carbocycles. The molecule has 0 bridgehead atoms. The Hall–Kier alpha value is -1.75. The Balaban J connectivity index is 2.15. The number of aromatic nitrogens is 3. The molecule has 2 aromatic rings. The van der Waals surface area contributed by atoms with Crippen LogP contribution in [0.1, 0.15) is 12.7 Å². The summed E-state index contributed by atoms with van der Waals surface area (Å²) in [7, 11) is 0. The number of hydrogen-bond donors (Lipinski definition) is 2. The van der Waals surface area contributed by atoms with Crippen LogP contribution >= 0.6 is 0 Å². The maximum Gasteiger partial charge on any atom is 0.141 e. The van der Waals surface area contributed by atoms with Crippen LogP contribution in [0.15, 0.2) is 24.5 Å². The van der Waals surface area contributed by atoms with Crippen LogP contribution in [0.3, 0.4) is 0 Å². The molecular weight excluding hydrogens is 207 g/mol. The van der Waals surface area contributed by atoms with E-state index in [1.807, 2.05) is 6.92 Å². The fraction of sp³-hybridized carbons (Fsp3) is 0.273. The quantitative estimate of drug-likeness (QED) is 0.824. The van der Waals surface area contributed by atoms with Crippen molar-refractivity contribution in [3.05, 3.63) is 36.2 Å². The van der Waals surface area contributed by atoms with Crippen LogP contribution in [-0.4, -0.2) is 21.5 Å². The first-order valence-corrected chi connectivity index (χ1v) is 5.16. The highest BCUT2D eigenvalue weighted by atomic mass is 19.1. The second kappa shape index (κ2) is 4.85. The third kappa shape index (κ3) is 2.43. The zero-order valence-corrected chi connectivity index (χ0v) is 9.00. The summed E-state index contributed by atoms with van der Waals surface area (Å²) in [6.07, 6.45) is 2.90. The largest absolute Gasteiger partial charge is 0.340 e. The summed E-state index contributed by atoms with van der Waals surface area (Å²) in [6, 6.07) is 3.01. The molecule has 0 radical (unpaired) electrons. The van der Waals surface area contributed by atoms with Crippen LogP contribution < -0.4 is 5.32 Å². The maximum atomic E-state index is 12.7. The Morgan fingerprint density at radius 3 is 2.88 bits per heavy atom. The monoisotopic (exact) mass is 220 g/mol. The van der Waals surface area contributed by atoms with Gasteiger partial charge in [-0.25, -0.2) is 9.37 Å². The van der Waals surface area contributed by atoms with Gasteiger partial charge in [-0.05, 0) is 18.7 Å². The van der Waals surface area contributed by atoms with Crippen molar-refractivity contribution in [1.29, 1.82) is 0 Å². The molecule has 2 N–H and O–H groups in total. The summed E-state index contributed by atoms with van der Waals surface area (Å²) in [5, 5.41) is 3.16. The molecule has 0 aliphatic carbocycles. The van der Waals surface area contributed by atoms with Crippen LogP contribution in [0, 0.1) is 5.82 Å². The summed E-state index contributed by atoms with van der Waals surface area (Å²) in [5.41, 5.74) is 1.49. The number of pyridine rings is 1. The predicted molar refractivity (Wildman–Crippen MR) is 59.2 cm³/mol. The molecule has 0 saturated carbocycles. The molecule has 84 valence electrons. The topological polar surface area (TPSA) is 53.6 Å². The summed E-state index contributed by atoms with van der Waals surface area (Å²) in [4.78, 5) is 11.3. The third-order valence-electron chi connectivity index (χ3n) is 2.17. The molecule has 0 aliphatic heterocycles. The average Bonchev–Trinajstić information content (AvgIpc) is 2.76. The fourth-order valence-corrected chi connectivity index (χ4v) is 1.36. The lowest BCUT2D eigenvalue weighted by atomic mass is 10.3. The Kier molecular flexibility index (Phi) is 3.26. The van der Waals surface area contributed by atoms with Crippen molar-refractivity contribution >= 4 is 0 Å². The van der Waals surface area contributed by atoms with Gasteiger partial charge in [-0.1, -0.05) is 6.92 Å². The van der Waals surface area contributed by atoms with Crippen molar-refractivity contribution < 1.29 is 4.39 Å². The number of H-pyrrole nitrogens is 1. The van der Waals surface area contributed by atoms with Crippen LogP contribution in [0.5, 0.6) is 0 Å². The van der Waals surface area contributed by atoms with E-state index in [2.05, 4.69) is 20.3 Å². The number of halogens is 1. The minimum absolute atomic E-state index is 0.337. The maximum absolute atomic E-state index is 12.7. The van der Waals surface area contributed by atoms with Gasteiger partial charge in [-0.2, -0.15) is 0 Å². The van der Waals surface area contributed by atoms with E-state index < -0.39 is 0 Å². The third-order valence-corrected chi connectivity index (χ3v) is 2.17. The lowest BCUT2D eigenvalue weighted by Crippen LogP contribution is -2.12. The zero-order chi connectivity index (χ0) is 11.4. The van der Waals surface area contributed by atoms with E-state index in [1.54, 1.807) is 12.3 Å². The Labute approximate surface area is 92.9 Å². The molecule has 0 unspecified atom stereocenters. The van der Waals surface area contributed by atoms with Gasteiger partial charge in [0.2, 0.25) is 0 Å². The fourth-order valence-electron chi connectivity index (χ4n) is 1.36. The SMILES string of the molecule is CCNCc1ncc(-c2ccc(F)cn2)[nH]1. The normalized spacial score (nSPS) is 10.6. The number of hydrogen-bond acceptors (Lipinski definition) is 3. The van der Waals surface area contributed by atoms with Crippen molar-refractivity contribution in [3.63, 3.8) is 0 Å². The molecule has 5 heteroatoms. The van der Waals surface area contributed by atoms with E-state index in [0.717, 1.165) is 18.1 Å². The summed E-state index contributed by atoms with van der Waals surface area (Å²) in [6.45, 7) is 3.62. The van der Waals surface area contributed by atoms with Gasteiger partial charge in [0.05, 0.1) is 30.3 Å². The molecule has 2 aromatic heterocycles. The highest BCUT2D eigenvalue weighted by molar-refractivity contribution is 5.52. The Morgan fingerprint density at radius 2 is 2.19 bits per heavy atom. The first kappa shape index (κ1) is 10.8. The predicted octanol–water partition coefficient (Wildman–Crippen LogP) is 1.72.